The third kappa shape index (κ3) is 2.12. The Bertz CT molecular complexity index is 899. The number of aryl methyl sites for hydroxylation is 1. The van der Waals surface area contributed by atoms with Crippen LogP contribution in [0, 0.1) is 0 Å². The molecule has 4 rings (SSSR count). The smallest absolute Gasteiger partial charge is 0.329 e. The molecule has 0 bridgehead atoms. The predicted molar refractivity (Wildman–Crippen MR) is 83.9 cm³/mol. The van der Waals surface area contributed by atoms with Crippen molar-refractivity contribution < 1.29 is 9.90 Å². The Morgan fingerprint density at radius 2 is 2.13 bits per heavy atom. The minimum absolute atomic E-state index is 0.114. The lowest BCUT2D eigenvalue weighted by Gasteiger charge is -2.29. The second-order valence-corrected chi connectivity index (χ2v) is 5.68. The molecule has 0 radical (unpaired) electrons. The fourth-order valence-corrected chi connectivity index (χ4v) is 3.41. The maximum Gasteiger partial charge on any atom is 0.329 e. The van der Waals surface area contributed by atoms with Crippen LogP contribution in [0.5, 0.6) is 0 Å². The second-order valence-electron chi connectivity index (χ2n) is 5.68. The molecule has 1 aliphatic heterocycles. The molecule has 7 nitrogen and oxygen atoms in total. The summed E-state index contributed by atoms with van der Waals surface area (Å²) in [5.74, 6) is -0.421. The van der Waals surface area contributed by atoms with Crippen molar-refractivity contribution >= 4 is 22.8 Å². The highest BCUT2D eigenvalue weighted by atomic mass is 16.4. The van der Waals surface area contributed by atoms with E-state index in [1.54, 1.807) is 6.20 Å². The van der Waals surface area contributed by atoms with Crippen LogP contribution in [0.2, 0.25) is 0 Å². The van der Waals surface area contributed by atoms with Gasteiger partial charge in [0.15, 0.2) is 6.04 Å². The van der Waals surface area contributed by atoms with Crippen molar-refractivity contribution in [2.45, 2.75) is 24.8 Å². The van der Waals surface area contributed by atoms with Gasteiger partial charge in [0.1, 0.15) is 5.82 Å². The molecule has 2 unspecified atom stereocenters. The second kappa shape index (κ2) is 5.05. The summed E-state index contributed by atoms with van der Waals surface area (Å²) in [5.41, 5.74) is 7.41. The van der Waals surface area contributed by atoms with Crippen LogP contribution in [0.1, 0.15) is 29.8 Å². The highest BCUT2D eigenvalue weighted by molar-refractivity contribution is 5.83. The minimum atomic E-state index is -0.936. The van der Waals surface area contributed by atoms with Crippen molar-refractivity contribution in [2.24, 2.45) is 0 Å². The molecule has 0 aliphatic carbocycles. The summed E-state index contributed by atoms with van der Waals surface area (Å²) < 4.78 is 1.45. The monoisotopic (exact) mass is 309 g/mol. The fourth-order valence-electron chi connectivity index (χ4n) is 3.41. The van der Waals surface area contributed by atoms with E-state index in [9.17, 15) is 9.90 Å². The Hall–Kier alpha value is -2.96. The van der Waals surface area contributed by atoms with Crippen molar-refractivity contribution in [1.82, 2.24) is 19.7 Å². The van der Waals surface area contributed by atoms with Crippen LogP contribution in [-0.4, -0.2) is 30.8 Å². The van der Waals surface area contributed by atoms with Crippen LogP contribution in [0.15, 0.2) is 36.5 Å². The van der Waals surface area contributed by atoms with Crippen molar-refractivity contribution in [3.8, 4) is 0 Å². The van der Waals surface area contributed by atoms with Crippen molar-refractivity contribution in [2.75, 3.05) is 5.73 Å². The van der Waals surface area contributed by atoms with Crippen molar-refractivity contribution in [3.05, 3.63) is 47.9 Å². The number of benzene rings is 1. The van der Waals surface area contributed by atoms with Gasteiger partial charge in [-0.15, -0.1) is 5.10 Å². The lowest BCUT2D eigenvalue weighted by molar-refractivity contribution is -0.142. The number of nitrogens with zero attached hydrogens (tertiary/aromatic N) is 4. The summed E-state index contributed by atoms with van der Waals surface area (Å²) in [6, 6.07) is 8.88. The van der Waals surface area contributed by atoms with Gasteiger partial charge < -0.3 is 10.8 Å². The molecule has 0 amide bonds. The lowest BCUT2D eigenvalue weighted by Crippen LogP contribution is -2.32. The molecule has 0 spiro atoms. The normalized spacial score (nSPS) is 20.3. The number of nitrogens with two attached hydrogens (primary N) is 1. The first kappa shape index (κ1) is 13.7. The predicted octanol–water partition coefficient (Wildman–Crippen LogP) is 1.76. The summed E-state index contributed by atoms with van der Waals surface area (Å²) >= 11 is 0. The third-order valence-electron chi connectivity index (χ3n) is 4.36. The quantitative estimate of drug-likeness (QED) is 0.747. The number of hydrogen-bond acceptors (Lipinski definition) is 5. The van der Waals surface area contributed by atoms with Crippen LogP contribution in [-0.2, 0) is 11.2 Å². The van der Waals surface area contributed by atoms with Crippen LogP contribution in [0.3, 0.4) is 0 Å². The molecular weight excluding hydrogens is 294 g/mol. The van der Waals surface area contributed by atoms with Gasteiger partial charge in [0.2, 0.25) is 5.95 Å². The van der Waals surface area contributed by atoms with Gasteiger partial charge in [-0.3, -0.25) is 4.98 Å². The molecule has 7 heteroatoms. The van der Waals surface area contributed by atoms with E-state index in [0.717, 1.165) is 16.5 Å². The summed E-state index contributed by atoms with van der Waals surface area (Å²) in [4.78, 5) is 20.5. The first-order chi connectivity index (χ1) is 11.1. The molecule has 2 atom stereocenters. The summed E-state index contributed by atoms with van der Waals surface area (Å²) in [5, 5.41) is 14.8. The van der Waals surface area contributed by atoms with E-state index < -0.39 is 12.0 Å². The van der Waals surface area contributed by atoms with Crippen LogP contribution >= 0.6 is 0 Å². The average Bonchev–Trinajstić information content (AvgIpc) is 2.93. The number of rotatable bonds is 2. The summed E-state index contributed by atoms with van der Waals surface area (Å²) in [6.07, 6.45) is 3.04. The number of hydrogen-bond donors (Lipinski definition) is 2. The van der Waals surface area contributed by atoms with E-state index in [2.05, 4.69) is 15.1 Å². The maximum atomic E-state index is 11.9. The molecule has 0 fully saturated rings. The number of para-hydroxylation sites is 1. The molecule has 116 valence electrons. The van der Waals surface area contributed by atoms with Gasteiger partial charge in [0, 0.05) is 23.9 Å². The molecule has 3 N–H and O–H groups in total. The minimum Gasteiger partial charge on any atom is -0.480 e. The van der Waals surface area contributed by atoms with Crippen LogP contribution in [0.4, 0.5) is 5.95 Å². The van der Waals surface area contributed by atoms with Gasteiger partial charge >= 0.3 is 5.97 Å². The lowest BCUT2D eigenvalue weighted by atomic mass is 9.84. The highest BCUT2D eigenvalue weighted by Gasteiger charge is 2.38. The zero-order valence-electron chi connectivity index (χ0n) is 12.3. The van der Waals surface area contributed by atoms with Crippen LogP contribution in [0.25, 0.3) is 10.9 Å². The van der Waals surface area contributed by atoms with E-state index in [0.29, 0.717) is 18.7 Å². The van der Waals surface area contributed by atoms with E-state index >= 15 is 0 Å². The highest BCUT2D eigenvalue weighted by Crippen LogP contribution is 2.39. The number of aliphatic carboxylic acids is 1. The molecule has 3 heterocycles. The molecule has 23 heavy (non-hydrogen) atoms. The molecule has 3 aromatic rings. The summed E-state index contributed by atoms with van der Waals surface area (Å²) in [6.45, 7) is 0. The Labute approximate surface area is 131 Å². The number of carbonyl (C=O) groups is 1. The molecule has 0 saturated carbocycles. The molecule has 2 aromatic heterocycles. The molecule has 1 aromatic carbocycles. The molecule has 1 aliphatic rings. The Morgan fingerprint density at radius 3 is 2.96 bits per heavy atom. The largest absolute Gasteiger partial charge is 0.480 e. The molecular formula is C16H15N5O2. The van der Waals surface area contributed by atoms with Gasteiger partial charge in [-0.25, -0.2) is 9.48 Å². The van der Waals surface area contributed by atoms with Gasteiger partial charge in [0.05, 0.1) is 5.52 Å². The number of pyridine rings is 1. The zero-order chi connectivity index (χ0) is 16.0. The third-order valence-corrected chi connectivity index (χ3v) is 4.36. The van der Waals surface area contributed by atoms with Gasteiger partial charge in [0.25, 0.3) is 0 Å². The summed E-state index contributed by atoms with van der Waals surface area (Å²) in [7, 11) is 0. The number of carboxylic acid groups (broad SMARTS) is 1. The van der Waals surface area contributed by atoms with Gasteiger partial charge in [-0.05, 0) is 18.1 Å². The van der Waals surface area contributed by atoms with Crippen molar-refractivity contribution in [3.63, 3.8) is 0 Å². The standard InChI is InChI=1S/C16H15N5O2/c17-16-19-12-7-6-11(14(15(22)23)21(12)20-16)10-5-1-3-9-4-2-8-18-13(9)10/h1-5,8,11,14H,6-7H2,(H2,17,20)(H,22,23). The Kier molecular flexibility index (Phi) is 3.00. The Balaban J connectivity index is 1.89. The fraction of sp³-hybridized carbons (Fsp3) is 0.250. The van der Waals surface area contributed by atoms with Gasteiger partial charge in [-0.2, -0.15) is 4.98 Å². The van der Waals surface area contributed by atoms with Crippen molar-refractivity contribution in [1.29, 1.82) is 0 Å². The van der Waals surface area contributed by atoms with Gasteiger partial charge in [-0.1, -0.05) is 24.3 Å². The maximum absolute atomic E-state index is 11.9. The zero-order valence-corrected chi connectivity index (χ0v) is 12.3. The molecule has 0 saturated heterocycles. The van der Waals surface area contributed by atoms with E-state index in [4.69, 9.17) is 5.73 Å². The topological polar surface area (TPSA) is 107 Å². The first-order valence-electron chi connectivity index (χ1n) is 7.42. The number of fused-ring (bicyclic) bond motifs is 2. The first-order valence-corrected chi connectivity index (χ1v) is 7.42. The van der Waals surface area contributed by atoms with Crippen LogP contribution < -0.4 is 5.73 Å². The van der Waals surface area contributed by atoms with E-state index in [1.165, 1.54) is 4.68 Å². The van der Waals surface area contributed by atoms with E-state index in [-0.39, 0.29) is 11.9 Å². The number of nitrogen functional groups attached to an aromatic ring is 1. The SMILES string of the molecule is Nc1nc2n(n1)C(C(=O)O)C(c1cccc3cccnc13)CC2. The van der Waals surface area contributed by atoms with E-state index in [1.807, 2.05) is 30.3 Å². The number of anilines is 1. The number of carboxylic acids is 1. The average molecular weight is 309 g/mol. The number of aromatic nitrogens is 4. The Morgan fingerprint density at radius 1 is 1.30 bits per heavy atom.